The fourth-order valence-electron chi connectivity index (χ4n) is 2.56. The van der Waals surface area contributed by atoms with E-state index in [1.165, 1.54) is 11.1 Å². The molecule has 2 N–H and O–H groups in total. The average Bonchev–Trinajstić information content (AvgIpc) is 2.29. The van der Waals surface area contributed by atoms with Crippen LogP contribution in [0.4, 0.5) is 0 Å². The van der Waals surface area contributed by atoms with E-state index < -0.39 is 0 Å². The van der Waals surface area contributed by atoms with E-state index in [0.717, 1.165) is 36.3 Å². The minimum Gasteiger partial charge on any atom is -0.493 e. The number of hydrogen-bond donors (Lipinski definition) is 1. The maximum atomic E-state index is 6.18. The van der Waals surface area contributed by atoms with E-state index in [0.29, 0.717) is 0 Å². The maximum absolute atomic E-state index is 6.18. The summed E-state index contributed by atoms with van der Waals surface area (Å²) in [5, 5.41) is 0. The minimum absolute atomic E-state index is 0.0764. The van der Waals surface area contributed by atoms with Gasteiger partial charge in [-0.3, -0.25) is 0 Å². The van der Waals surface area contributed by atoms with Gasteiger partial charge in [-0.2, -0.15) is 0 Å². The van der Waals surface area contributed by atoms with Crippen molar-refractivity contribution in [3.63, 3.8) is 0 Å². The monoisotopic (exact) mass is 221 g/mol. The summed E-state index contributed by atoms with van der Waals surface area (Å²) in [7, 11) is 3.34. The number of rotatable bonds is 2. The van der Waals surface area contributed by atoms with Crippen LogP contribution < -0.4 is 15.2 Å². The van der Waals surface area contributed by atoms with Gasteiger partial charge in [-0.1, -0.05) is 0 Å². The van der Waals surface area contributed by atoms with E-state index in [9.17, 15) is 0 Å². The second-order valence-corrected chi connectivity index (χ2v) is 4.32. The Labute approximate surface area is 96.5 Å². The molecule has 1 aromatic carbocycles. The van der Waals surface area contributed by atoms with E-state index >= 15 is 0 Å². The van der Waals surface area contributed by atoms with Gasteiger partial charge in [0.05, 0.1) is 14.2 Å². The Morgan fingerprint density at radius 3 is 2.69 bits per heavy atom. The molecule has 0 saturated heterocycles. The molecular weight excluding hydrogens is 202 g/mol. The first-order valence-corrected chi connectivity index (χ1v) is 5.69. The molecule has 2 rings (SSSR count). The highest BCUT2D eigenvalue weighted by atomic mass is 16.5. The summed E-state index contributed by atoms with van der Waals surface area (Å²) in [6.45, 7) is 2.11. The normalized spacial score (nSPS) is 19.1. The smallest absolute Gasteiger partial charge is 0.165 e. The molecule has 0 saturated carbocycles. The fraction of sp³-hybridized carbons (Fsp3) is 0.538. The lowest BCUT2D eigenvalue weighted by Crippen LogP contribution is -2.19. The zero-order valence-corrected chi connectivity index (χ0v) is 10.2. The highest BCUT2D eigenvalue weighted by Crippen LogP contribution is 2.42. The molecule has 0 fully saturated rings. The zero-order chi connectivity index (χ0) is 11.7. The highest BCUT2D eigenvalue weighted by Gasteiger charge is 2.25. The van der Waals surface area contributed by atoms with Gasteiger partial charge in [-0.15, -0.1) is 0 Å². The van der Waals surface area contributed by atoms with E-state index in [-0.39, 0.29) is 6.04 Å². The molecule has 0 unspecified atom stereocenters. The molecule has 0 heterocycles. The number of fused-ring (bicyclic) bond motifs is 1. The molecule has 0 spiro atoms. The second-order valence-electron chi connectivity index (χ2n) is 4.32. The quantitative estimate of drug-likeness (QED) is 0.833. The zero-order valence-electron chi connectivity index (χ0n) is 10.2. The molecule has 1 atom stereocenters. The van der Waals surface area contributed by atoms with Crippen molar-refractivity contribution in [2.45, 2.75) is 32.2 Å². The first-order valence-electron chi connectivity index (χ1n) is 5.69. The second kappa shape index (κ2) is 4.34. The highest BCUT2D eigenvalue weighted by molar-refractivity contribution is 5.56. The standard InChI is InChI=1S/C13H19NO2/c1-8-7-11(15-2)13(16-3)12-9(8)5-4-6-10(12)14/h7,10H,4-6,14H2,1-3H3/t10-/m1/s1. The van der Waals surface area contributed by atoms with Gasteiger partial charge < -0.3 is 15.2 Å². The third-order valence-corrected chi connectivity index (χ3v) is 3.35. The molecule has 0 aromatic heterocycles. The first kappa shape index (κ1) is 11.3. The Balaban J connectivity index is 2.65. The van der Waals surface area contributed by atoms with Crippen LogP contribution in [0.2, 0.25) is 0 Å². The van der Waals surface area contributed by atoms with Gasteiger partial charge in [0.25, 0.3) is 0 Å². The molecular formula is C13H19NO2. The van der Waals surface area contributed by atoms with E-state index in [4.69, 9.17) is 15.2 Å². The number of hydrogen-bond acceptors (Lipinski definition) is 3. The minimum atomic E-state index is 0.0764. The van der Waals surface area contributed by atoms with Gasteiger partial charge in [-0.25, -0.2) is 0 Å². The van der Waals surface area contributed by atoms with Gasteiger partial charge >= 0.3 is 0 Å². The topological polar surface area (TPSA) is 44.5 Å². The Bertz CT molecular complexity index is 401. The number of nitrogens with two attached hydrogens (primary N) is 1. The molecule has 1 aliphatic carbocycles. The molecule has 3 heteroatoms. The van der Waals surface area contributed by atoms with Crippen LogP contribution in [-0.2, 0) is 6.42 Å². The van der Waals surface area contributed by atoms with Gasteiger partial charge in [-0.05, 0) is 43.4 Å². The van der Waals surface area contributed by atoms with Crippen LogP contribution in [0.15, 0.2) is 6.07 Å². The summed E-state index contributed by atoms with van der Waals surface area (Å²) in [5.41, 5.74) is 9.92. The predicted octanol–water partition coefficient (Wildman–Crippen LogP) is 2.35. The number of ether oxygens (including phenoxy) is 2. The predicted molar refractivity (Wildman–Crippen MR) is 64.1 cm³/mol. The van der Waals surface area contributed by atoms with Gasteiger partial charge in [0.1, 0.15) is 0 Å². The summed E-state index contributed by atoms with van der Waals surface area (Å²) >= 11 is 0. The molecule has 1 aromatic rings. The largest absolute Gasteiger partial charge is 0.493 e. The number of methoxy groups -OCH3 is 2. The van der Waals surface area contributed by atoms with Crippen LogP contribution in [0.25, 0.3) is 0 Å². The Morgan fingerprint density at radius 1 is 1.31 bits per heavy atom. The fourth-order valence-corrected chi connectivity index (χ4v) is 2.56. The molecule has 0 radical (unpaired) electrons. The lowest BCUT2D eigenvalue weighted by molar-refractivity contribution is 0.345. The van der Waals surface area contributed by atoms with Crippen molar-refractivity contribution in [1.29, 1.82) is 0 Å². The third kappa shape index (κ3) is 1.65. The van der Waals surface area contributed by atoms with Crippen LogP contribution in [0, 0.1) is 6.92 Å². The summed E-state index contributed by atoms with van der Waals surface area (Å²) < 4.78 is 10.8. The lowest BCUT2D eigenvalue weighted by Gasteiger charge is -2.27. The van der Waals surface area contributed by atoms with Crippen molar-refractivity contribution in [2.75, 3.05) is 14.2 Å². The molecule has 88 valence electrons. The van der Waals surface area contributed by atoms with Crippen molar-refractivity contribution in [2.24, 2.45) is 5.73 Å². The van der Waals surface area contributed by atoms with Crippen molar-refractivity contribution in [1.82, 2.24) is 0 Å². The first-order chi connectivity index (χ1) is 7.69. The van der Waals surface area contributed by atoms with Crippen LogP contribution in [0.5, 0.6) is 11.5 Å². The van der Waals surface area contributed by atoms with E-state index in [1.54, 1.807) is 14.2 Å². The van der Waals surface area contributed by atoms with Crippen LogP contribution in [0.3, 0.4) is 0 Å². The van der Waals surface area contributed by atoms with Crippen molar-refractivity contribution in [3.8, 4) is 11.5 Å². The number of benzene rings is 1. The van der Waals surface area contributed by atoms with Crippen LogP contribution in [-0.4, -0.2) is 14.2 Å². The molecule has 1 aliphatic rings. The summed E-state index contributed by atoms with van der Waals surface area (Å²) in [6.07, 6.45) is 3.27. The van der Waals surface area contributed by atoms with Gasteiger partial charge in [0, 0.05) is 11.6 Å². The van der Waals surface area contributed by atoms with Gasteiger partial charge in [0.2, 0.25) is 0 Å². The van der Waals surface area contributed by atoms with Crippen molar-refractivity contribution in [3.05, 3.63) is 22.8 Å². The van der Waals surface area contributed by atoms with Crippen molar-refractivity contribution < 1.29 is 9.47 Å². The molecule has 16 heavy (non-hydrogen) atoms. The molecule has 3 nitrogen and oxygen atoms in total. The molecule has 0 amide bonds. The maximum Gasteiger partial charge on any atom is 0.165 e. The van der Waals surface area contributed by atoms with E-state index in [2.05, 4.69) is 6.92 Å². The van der Waals surface area contributed by atoms with Crippen LogP contribution in [0.1, 0.15) is 35.6 Å². The Kier molecular flexibility index (Phi) is 3.06. The van der Waals surface area contributed by atoms with Crippen LogP contribution >= 0.6 is 0 Å². The Hall–Kier alpha value is -1.22. The number of aryl methyl sites for hydroxylation is 1. The summed E-state index contributed by atoms with van der Waals surface area (Å²) in [6, 6.07) is 2.11. The summed E-state index contributed by atoms with van der Waals surface area (Å²) in [4.78, 5) is 0. The van der Waals surface area contributed by atoms with E-state index in [1.807, 2.05) is 6.07 Å². The SMILES string of the molecule is COc1cc(C)c2c(c1OC)[C@H](N)CCC2. The third-order valence-electron chi connectivity index (χ3n) is 3.35. The van der Waals surface area contributed by atoms with Gasteiger partial charge in [0.15, 0.2) is 11.5 Å². The molecule has 0 bridgehead atoms. The lowest BCUT2D eigenvalue weighted by atomic mass is 9.84. The average molecular weight is 221 g/mol. The Morgan fingerprint density at radius 2 is 2.06 bits per heavy atom. The molecule has 0 aliphatic heterocycles. The van der Waals surface area contributed by atoms with Crippen molar-refractivity contribution >= 4 is 0 Å². The summed E-state index contributed by atoms with van der Waals surface area (Å²) in [5.74, 6) is 1.60.